The van der Waals surface area contributed by atoms with Crippen LogP contribution < -0.4 is 5.32 Å². The summed E-state index contributed by atoms with van der Waals surface area (Å²) in [7, 11) is 0. The fourth-order valence-corrected chi connectivity index (χ4v) is 3.70. The molecule has 3 aromatic rings. The summed E-state index contributed by atoms with van der Waals surface area (Å²) < 4.78 is 32.8. The highest BCUT2D eigenvalue weighted by Crippen LogP contribution is 2.37. The molecule has 2 heterocycles. The smallest absolute Gasteiger partial charge is 0.322 e. The highest BCUT2D eigenvalue weighted by atomic mass is 19.1. The number of urea groups is 1. The minimum atomic E-state index is -0.657. The molecule has 0 saturated heterocycles. The number of allylic oxidation sites excluding steroid dienone is 1. The van der Waals surface area contributed by atoms with Crippen molar-refractivity contribution in [3.05, 3.63) is 77.3 Å². The Labute approximate surface area is 184 Å². The monoisotopic (exact) mass is 438 g/mol. The third-order valence-electron chi connectivity index (χ3n) is 5.47. The highest BCUT2D eigenvalue weighted by molar-refractivity contribution is 5.86. The molecule has 0 spiro atoms. The average molecular weight is 438 g/mol. The lowest BCUT2D eigenvalue weighted by molar-refractivity contribution is 0.202. The number of rotatable bonds is 6. The first-order chi connectivity index (χ1) is 15.3. The number of aromatic nitrogens is 2. The van der Waals surface area contributed by atoms with Crippen molar-refractivity contribution in [1.82, 2.24) is 20.4 Å². The van der Waals surface area contributed by atoms with E-state index in [9.17, 15) is 13.6 Å². The lowest BCUT2D eigenvalue weighted by Gasteiger charge is -2.35. The second-order valence-corrected chi connectivity index (χ2v) is 8.20. The Morgan fingerprint density at radius 3 is 2.56 bits per heavy atom. The number of hydrogen-bond donors (Lipinski definition) is 1. The van der Waals surface area contributed by atoms with Crippen LogP contribution >= 0.6 is 0 Å². The van der Waals surface area contributed by atoms with E-state index in [1.54, 1.807) is 29.2 Å². The van der Waals surface area contributed by atoms with Crippen molar-refractivity contribution in [2.75, 3.05) is 6.54 Å². The summed E-state index contributed by atoms with van der Waals surface area (Å²) >= 11 is 0. The molecule has 166 valence electrons. The Bertz CT molecular complexity index is 1150. The van der Waals surface area contributed by atoms with Crippen LogP contribution in [-0.4, -0.2) is 27.6 Å². The summed E-state index contributed by atoms with van der Waals surface area (Å²) in [6.07, 6.45) is 0.813. The summed E-state index contributed by atoms with van der Waals surface area (Å²) in [5.74, 6) is 0.148. The standard InChI is InChI=1S/C24H24F2N4O2/c1-14(2)11-12-30-15(3)20(21(27-24(30)31)17-5-4-6-19(26)13-17)23-28-22(29-32-23)16-7-9-18(25)10-8-16/h4-10,13-14,21H,11-12H2,1-3H3,(H,27,31). The average Bonchev–Trinajstić information content (AvgIpc) is 3.23. The molecule has 1 unspecified atom stereocenters. The molecule has 1 aromatic heterocycles. The van der Waals surface area contributed by atoms with Crippen LogP contribution in [0.2, 0.25) is 0 Å². The van der Waals surface area contributed by atoms with Gasteiger partial charge in [-0.15, -0.1) is 0 Å². The molecular weight excluding hydrogens is 414 g/mol. The van der Waals surface area contributed by atoms with E-state index in [1.165, 1.54) is 24.3 Å². The molecule has 0 saturated carbocycles. The number of carbonyl (C=O) groups is 1. The Morgan fingerprint density at radius 2 is 1.88 bits per heavy atom. The van der Waals surface area contributed by atoms with Gasteiger partial charge in [0.05, 0.1) is 11.6 Å². The predicted octanol–water partition coefficient (Wildman–Crippen LogP) is 5.56. The molecule has 2 aromatic carbocycles. The molecule has 8 heteroatoms. The minimum Gasteiger partial charge on any atom is -0.334 e. The van der Waals surface area contributed by atoms with E-state index in [0.717, 1.165) is 6.42 Å². The topological polar surface area (TPSA) is 71.3 Å². The van der Waals surface area contributed by atoms with Gasteiger partial charge < -0.3 is 9.84 Å². The summed E-state index contributed by atoms with van der Waals surface area (Å²) in [4.78, 5) is 19.1. The van der Waals surface area contributed by atoms with Gasteiger partial charge in [-0.05, 0) is 61.2 Å². The van der Waals surface area contributed by atoms with Gasteiger partial charge in [-0.25, -0.2) is 13.6 Å². The molecule has 1 N–H and O–H groups in total. The number of halogens is 2. The fraction of sp³-hybridized carbons (Fsp3) is 0.292. The zero-order valence-electron chi connectivity index (χ0n) is 18.1. The zero-order valence-corrected chi connectivity index (χ0v) is 18.1. The molecule has 4 rings (SSSR count). The molecule has 1 atom stereocenters. The molecule has 1 aliphatic heterocycles. The molecule has 6 nitrogen and oxygen atoms in total. The largest absolute Gasteiger partial charge is 0.334 e. The van der Waals surface area contributed by atoms with Crippen LogP contribution in [-0.2, 0) is 0 Å². The van der Waals surface area contributed by atoms with E-state index in [1.807, 2.05) is 6.92 Å². The minimum absolute atomic E-state index is 0.214. The summed E-state index contributed by atoms with van der Waals surface area (Å²) in [5, 5.41) is 7.00. The van der Waals surface area contributed by atoms with E-state index in [4.69, 9.17) is 4.52 Å². The lowest BCUT2D eigenvalue weighted by Crippen LogP contribution is -2.46. The molecule has 0 radical (unpaired) electrons. The maximum Gasteiger partial charge on any atom is 0.322 e. The van der Waals surface area contributed by atoms with Gasteiger partial charge >= 0.3 is 6.03 Å². The first-order valence-electron chi connectivity index (χ1n) is 10.5. The Hall–Kier alpha value is -3.55. The van der Waals surface area contributed by atoms with Gasteiger partial charge in [-0.2, -0.15) is 4.98 Å². The van der Waals surface area contributed by atoms with Gasteiger partial charge in [-0.1, -0.05) is 31.1 Å². The highest BCUT2D eigenvalue weighted by Gasteiger charge is 2.35. The van der Waals surface area contributed by atoms with Gasteiger partial charge in [-0.3, -0.25) is 4.90 Å². The van der Waals surface area contributed by atoms with Gasteiger partial charge in [0.1, 0.15) is 11.6 Å². The Balaban J connectivity index is 1.79. The van der Waals surface area contributed by atoms with E-state index in [-0.39, 0.29) is 17.7 Å². The van der Waals surface area contributed by atoms with Crippen LogP contribution in [0.1, 0.15) is 44.7 Å². The van der Waals surface area contributed by atoms with Crippen LogP contribution in [0, 0.1) is 17.6 Å². The number of benzene rings is 2. The van der Waals surface area contributed by atoms with Crippen molar-refractivity contribution in [1.29, 1.82) is 0 Å². The molecular formula is C24H24F2N4O2. The van der Waals surface area contributed by atoms with E-state index < -0.39 is 11.9 Å². The van der Waals surface area contributed by atoms with Crippen molar-refractivity contribution in [3.8, 4) is 11.4 Å². The van der Waals surface area contributed by atoms with Crippen molar-refractivity contribution in [3.63, 3.8) is 0 Å². The molecule has 0 fully saturated rings. The molecule has 0 aliphatic carbocycles. The summed E-state index contributed by atoms with van der Waals surface area (Å²) in [6, 6.07) is 10.9. The lowest BCUT2D eigenvalue weighted by atomic mass is 9.94. The van der Waals surface area contributed by atoms with Crippen LogP contribution in [0.3, 0.4) is 0 Å². The number of nitrogens with one attached hydrogen (secondary N) is 1. The van der Waals surface area contributed by atoms with Gasteiger partial charge in [0, 0.05) is 17.8 Å². The number of carbonyl (C=O) groups excluding carboxylic acids is 1. The van der Waals surface area contributed by atoms with Crippen molar-refractivity contribution in [2.24, 2.45) is 5.92 Å². The predicted molar refractivity (Wildman–Crippen MR) is 116 cm³/mol. The number of amides is 2. The van der Waals surface area contributed by atoms with E-state index in [0.29, 0.717) is 40.7 Å². The molecule has 0 bridgehead atoms. The summed E-state index contributed by atoms with van der Waals surface area (Å²) in [6.45, 7) is 6.52. The zero-order chi connectivity index (χ0) is 22.8. The second-order valence-electron chi connectivity index (χ2n) is 8.20. The van der Waals surface area contributed by atoms with Crippen molar-refractivity contribution < 1.29 is 18.1 Å². The quantitative estimate of drug-likeness (QED) is 0.547. The molecule has 2 amide bonds. The first kappa shape index (κ1) is 21.7. The SMILES string of the molecule is CC1=C(c2nc(-c3ccc(F)cc3)no2)C(c2cccc(F)c2)NC(=O)N1CCC(C)C. The fourth-order valence-electron chi connectivity index (χ4n) is 3.70. The van der Waals surface area contributed by atoms with Crippen molar-refractivity contribution >= 4 is 11.6 Å². The van der Waals surface area contributed by atoms with Crippen LogP contribution in [0.4, 0.5) is 13.6 Å². The van der Waals surface area contributed by atoms with Crippen LogP contribution in [0.15, 0.2) is 58.8 Å². The van der Waals surface area contributed by atoms with Crippen LogP contribution in [0.5, 0.6) is 0 Å². The maximum absolute atomic E-state index is 14.0. The Morgan fingerprint density at radius 1 is 1.12 bits per heavy atom. The molecule has 1 aliphatic rings. The third-order valence-corrected chi connectivity index (χ3v) is 5.47. The van der Waals surface area contributed by atoms with Gasteiger partial charge in [0.15, 0.2) is 0 Å². The first-order valence-corrected chi connectivity index (χ1v) is 10.5. The summed E-state index contributed by atoms with van der Waals surface area (Å²) in [5.41, 5.74) is 2.42. The van der Waals surface area contributed by atoms with E-state index >= 15 is 0 Å². The second kappa shape index (κ2) is 8.90. The molecule has 32 heavy (non-hydrogen) atoms. The Kier molecular flexibility index (Phi) is 6.03. The van der Waals surface area contributed by atoms with Gasteiger partial charge in [0.2, 0.25) is 5.82 Å². The number of hydrogen-bond acceptors (Lipinski definition) is 4. The van der Waals surface area contributed by atoms with E-state index in [2.05, 4.69) is 29.3 Å². The number of nitrogens with zero attached hydrogens (tertiary/aromatic N) is 3. The van der Waals surface area contributed by atoms with Crippen molar-refractivity contribution in [2.45, 2.75) is 33.2 Å². The maximum atomic E-state index is 14.0. The van der Waals surface area contributed by atoms with Crippen LogP contribution in [0.25, 0.3) is 17.0 Å². The van der Waals surface area contributed by atoms with Gasteiger partial charge in [0.25, 0.3) is 5.89 Å². The third kappa shape index (κ3) is 4.39. The normalized spacial score (nSPS) is 16.6.